The van der Waals surface area contributed by atoms with Gasteiger partial charge in [0, 0.05) is 11.8 Å². The minimum atomic E-state index is 0.737. The number of nitrogens with zero attached hydrogens (tertiary/aromatic N) is 1. The van der Waals surface area contributed by atoms with E-state index in [0.29, 0.717) is 0 Å². The highest BCUT2D eigenvalue weighted by atomic mass is 14.7. The summed E-state index contributed by atoms with van der Waals surface area (Å²) in [5.41, 5.74) is 11.7. The molecule has 0 amide bonds. The molecule has 2 heteroatoms. The van der Waals surface area contributed by atoms with Gasteiger partial charge in [0.05, 0.1) is 11.4 Å². The molecule has 1 aromatic heterocycles. The Bertz CT molecular complexity index is 780. The van der Waals surface area contributed by atoms with E-state index in [1.54, 1.807) is 6.20 Å². The lowest BCUT2D eigenvalue weighted by Crippen LogP contribution is -1.94. The zero-order valence-electron chi connectivity index (χ0n) is 10.6. The maximum Gasteiger partial charge on any atom is 0.0937 e. The van der Waals surface area contributed by atoms with Gasteiger partial charge in [-0.05, 0) is 46.9 Å². The average molecular weight is 246 g/mol. The van der Waals surface area contributed by atoms with Crippen molar-refractivity contribution in [3.05, 3.63) is 59.8 Å². The molecule has 0 bridgehead atoms. The molecule has 92 valence electrons. The summed E-state index contributed by atoms with van der Waals surface area (Å²) >= 11 is 0. The van der Waals surface area contributed by atoms with Crippen molar-refractivity contribution in [1.82, 2.24) is 4.98 Å². The number of nitrogens with two attached hydrogens (primary N) is 1. The summed E-state index contributed by atoms with van der Waals surface area (Å²) in [7, 11) is 0. The maximum atomic E-state index is 6.07. The summed E-state index contributed by atoms with van der Waals surface area (Å²) in [4.78, 5) is 4.45. The Balaban J connectivity index is 2.10. The number of pyridine rings is 1. The number of benzene rings is 2. The van der Waals surface area contributed by atoms with E-state index < -0.39 is 0 Å². The molecule has 1 aliphatic carbocycles. The quantitative estimate of drug-likeness (QED) is 0.712. The van der Waals surface area contributed by atoms with Gasteiger partial charge in [-0.1, -0.05) is 30.3 Å². The zero-order valence-corrected chi connectivity index (χ0v) is 10.6. The Labute approximate surface area is 111 Å². The summed E-state index contributed by atoms with van der Waals surface area (Å²) in [5.74, 6) is 0. The molecule has 19 heavy (non-hydrogen) atoms. The number of anilines is 1. The van der Waals surface area contributed by atoms with Gasteiger partial charge in [-0.25, -0.2) is 0 Å². The van der Waals surface area contributed by atoms with E-state index in [1.807, 2.05) is 12.1 Å². The molecule has 0 aliphatic heterocycles. The molecule has 0 radical (unpaired) electrons. The highest BCUT2D eigenvalue weighted by Crippen LogP contribution is 2.37. The van der Waals surface area contributed by atoms with Gasteiger partial charge in [-0.2, -0.15) is 0 Å². The molecule has 1 aliphatic rings. The Morgan fingerprint density at radius 3 is 2.58 bits per heavy atom. The zero-order chi connectivity index (χ0) is 12.8. The van der Waals surface area contributed by atoms with Gasteiger partial charge in [0.15, 0.2) is 0 Å². The van der Waals surface area contributed by atoms with Crippen molar-refractivity contribution in [3.63, 3.8) is 0 Å². The van der Waals surface area contributed by atoms with Crippen LogP contribution in [0.5, 0.6) is 0 Å². The van der Waals surface area contributed by atoms with Crippen LogP contribution in [0.25, 0.3) is 22.0 Å². The van der Waals surface area contributed by atoms with E-state index in [4.69, 9.17) is 5.73 Å². The van der Waals surface area contributed by atoms with Crippen LogP contribution in [0.1, 0.15) is 11.1 Å². The van der Waals surface area contributed by atoms with Crippen LogP contribution >= 0.6 is 0 Å². The predicted octanol–water partition coefficient (Wildman–Crippen LogP) is 3.58. The third-order valence-corrected chi connectivity index (χ3v) is 3.97. The van der Waals surface area contributed by atoms with Gasteiger partial charge < -0.3 is 5.73 Å². The number of nitrogen functional groups attached to an aromatic ring is 1. The van der Waals surface area contributed by atoms with Crippen LogP contribution in [0.3, 0.4) is 0 Å². The standard InChI is InChI=1S/C17H14N2/c18-15-5-2-10-19-17(15)14-9-8-12-7-6-11-3-1-4-13(14)16(11)12/h1-5,8-10H,6-7,18H2. The SMILES string of the molecule is Nc1cccnc1-c1ccc2c3c(cccc13)CC2. The van der Waals surface area contributed by atoms with Gasteiger partial charge in [-0.15, -0.1) is 0 Å². The van der Waals surface area contributed by atoms with Gasteiger partial charge in [0.1, 0.15) is 0 Å². The van der Waals surface area contributed by atoms with Crippen molar-refractivity contribution >= 4 is 16.5 Å². The molecule has 4 rings (SSSR count). The molecule has 2 N–H and O–H groups in total. The topological polar surface area (TPSA) is 38.9 Å². The third kappa shape index (κ3) is 1.46. The van der Waals surface area contributed by atoms with Crippen LogP contribution in [0, 0.1) is 0 Å². The molecular formula is C17H14N2. The maximum absolute atomic E-state index is 6.07. The summed E-state index contributed by atoms with van der Waals surface area (Å²) in [6.45, 7) is 0. The fourth-order valence-electron chi connectivity index (χ4n) is 3.10. The fourth-order valence-corrected chi connectivity index (χ4v) is 3.10. The lowest BCUT2D eigenvalue weighted by atomic mass is 9.97. The number of aromatic nitrogens is 1. The number of aryl methyl sites for hydroxylation is 2. The fraction of sp³-hybridized carbons (Fsp3) is 0.118. The Morgan fingerprint density at radius 1 is 0.895 bits per heavy atom. The van der Waals surface area contributed by atoms with Gasteiger partial charge in [-0.3, -0.25) is 4.98 Å². The highest BCUT2D eigenvalue weighted by Gasteiger charge is 2.17. The van der Waals surface area contributed by atoms with Gasteiger partial charge in [0.2, 0.25) is 0 Å². The Hall–Kier alpha value is -2.35. The minimum absolute atomic E-state index is 0.737. The molecule has 0 fully saturated rings. The molecule has 0 unspecified atom stereocenters. The van der Waals surface area contributed by atoms with E-state index in [1.165, 1.54) is 21.9 Å². The lowest BCUT2D eigenvalue weighted by molar-refractivity contribution is 1.02. The van der Waals surface area contributed by atoms with Crippen molar-refractivity contribution in [2.45, 2.75) is 12.8 Å². The Kier molecular flexibility index (Phi) is 2.12. The van der Waals surface area contributed by atoms with Crippen LogP contribution in [-0.4, -0.2) is 4.98 Å². The first-order chi connectivity index (χ1) is 9.34. The van der Waals surface area contributed by atoms with Crippen LogP contribution in [0.2, 0.25) is 0 Å². The van der Waals surface area contributed by atoms with Crippen molar-refractivity contribution in [2.24, 2.45) is 0 Å². The predicted molar refractivity (Wildman–Crippen MR) is 79.0 cm³/mol. The molecule has 1 heterocycles. The average Bonchev–Trinajstić information content (AvgIpc) is 2.86. The first kappa shape index (κ1) is 10.6. The number of hydrogen-bond acceptors (Lipinski definition) is 2. The van der Waals surface area contributed by atoms with Crippen molar-refractivity contribution in [2.75, 3.05) is 5.73 Å². The first-order valence-electron chi connectivity index (χ1n) is 6.59. The largest absolute Gasteiger partial charge is 0.397 e. The van der Waals surface area contributed by atoms with E-state index in [-0.39, 0.29) is 0 Å². The monoisotopic (exact) mass is 246 g/mol. The summed E-state index contributed by atoms with van der Waals surface area (Å²) in [6, 6.07) is 14.7. The van der Waals surface area contributed by atoms with Crippen LogP contribution in [0.15, 0.2) is 48.7 Å². The molecule has 0 saturated heterocycles. The second kappa shape index (κ2) is 3.82. The van der Waals surface area contributed by atoms with E-state index >= 15 is 0 Å². The third-order valence-electron chi connectivity index (χ3n) is 3.97. The molecule has 2 aromatic carbocycles. The number of rotatable bonds is 1. The second-order valence-electron chi connectivity index (χ2n) is 5.05. The van der Waals surface area contributed by atoms with E-state index in [0.717, 1.165) is 29.8 Å². The summed E-state index contributed by atoms with van der Waals surface area (Å²) < 4.78 is 0. The van der Waals surface area contributed by atoms with E-state index in [2.05, 4.69) is 35.3 Å². The van der Waals surface area contributed by atoms with Crippen molar-refractivity contribution in [3.8, 4) is 11.3 Å². The second-order valence-corrected chi connectivity index (χ2v) is 5.05. The van der Waals surface area contributed by atoms with Crippen molar-refractivity contribution in [1.29, 1.82) is 0 Å². The molecule has 0 atom stereocenters. The summed E-state index contributed by atoms with van der Waals surface area (Å²) in [5, 5.41) is 2.68. The van der Waals surface area contributed by atoms with Crippen LogP contribution < -0.4 is 5.73 Å². The Morgan fingerprint density at radius 2 is 1.74 bits per heavy atom. The van der Waals surface area contributed by atoms with Crippen molar-refractivity contribution < 1.29 is 0 Å². The minimum Gasteiger partial charge on any atom is -0.397 e. The lowest BCUT2D eigenvalue weighted by Gasteiger charge is -2.10. The van der Waals surface area contributed by atoms with Crippen LogP contribution in [-0.2, 0) is 12.8 Å². The smallest absolute Gasteiger partial charge is 0.0937 e. The van der Waals surface area contributed by atoms with Crippen LogP contribution in [0.4, 0.5) is 5.69 Å². The highest BCUT2D eigenvalue weighted by molar-refractivity contribution is 6.02. The van der Waals surface area contributed by atoms with Gasteiger partial charge in [0.25, 0.3) is 0 Å². The molecule has 0 spiro atoms. The first-order valence-corrected chi connectivity index (χ1v) is 6.59. The summed E-state index contributed by atoms with van der Waals surface area (Å²) in [6.07, 6.45) is 4.09. The molecule has 2 nitrogen and oxygen atoms in total. The van der Waals surface area contributed by atoms with E-state index in [9.17, 15) is 0 Å². The molecule has 3 aromatic rings. The molecule has 0 saturated carbocycles. The normalized spacial score (nSPS) is 13.1. The number of hydrogen-bond donors (Lipinski definition) is 1. The van der Waals surface area contributed by atoms with Gasteiger partial charge >= 0.3 is 0 Å². The molecular weight excluding hydrogens is 232 g/mol.